The molecule has 0 aliphatic rings. The van der Waals surface area contributed by atoms with Crippen LogP contribution in [0.25, 0.3) is 0 Å². The van der Waals surface area contributed by atoms with Gasteiger partial charge in [0.15, 0.2) is 5.78 Å². The molecule has 0 saturated heterocycles. The smallest absolute Gasteiger partial charge is 0.164 e. The zero-order chi connectivity index (χ0) is 13.8. The zero-order valence-electron chi connectivity index (χ0n) is 11.4. The van der Waals surface area contributed by atoms with Gasteiger partial charge in [0.25, 0.3) is 0 Å². The van der Waals surface area contributed by atoms with Crippen LogP contribution < -0.4 is 5.73 Å². The number of carbonyl (C=O) groups is 1. The highest BCUT2D eigenvalue weighted by atomic mass is 16.1. The van der Waals surface area contributed by atoms with Gasteiger partial charge in [0.1, 0.15) is 0 Å². The van der Waals surface area contributed by atoms with Gasteiger partial charge in [-0.05, 0) is 36.6 Å². The number of nitrogens with two attached hydrogens (primary N) is 1. The number of Topliss-reactive ketones (excluding diaryl/α,β-unsaturated/α-hetero) is 1. The molecule has 2 aromatic carbocycles. The summed E-state index contributed by atoms with van der Waals surface area (Å²) in [7, 11) is 0. The summed E-state index contributed by atoms with van der Waals surface area (Å²) in [6.45, 7) is 4.06. The Morgan fingerprint density at radius 1 is 1.05 bits per heavy atom. The lowest BCUT2D eigenvalue weighted by Gasteiger charge is -2.11. The van der Waals surface area contributed by atoms with Crippen molar-refractivity contribution in [2.24, 2.45) is 5.73 Å². The fraction of sp³-hybridized carbons (Fsp3) is 0.235. The molecular formula is C17H19NO. The Kier molecular flexibility index (Phi) is 4.13. The van der Waals surface area contributed by atoms with Gasteiger partial charge < -0.3 is 5.73 Å². The van der Waals surface area contributed by atoms with Crippen LogP contribution in [0.2, 0.25) is 0 Å². The molecule has 0 aromatic heterocycles. The molecule has 98 valence electrons. The highest BCUT2D eigenvalue weighted by Crippen LogP contribution is 2.18. The van der Waals surface area contributed by atoms with Crippen LogP contribution in [0.5, 0.6) is 0 Å². The average molecular weight is 253 g/mol. The van der Waals surface area contributed by atoms with E-state index in [-0.39, 0.29) is 11.8 Å². The van der Waals surface area contributed by atoms with Gasteiger partial charge in [-0.2, -0.15) is 0 Å². The molecule has 2 nitrogen and oxygen atoms in total. The van der Waals surface area contributed by atoms with Crippen LogP contribution in [0.3, 0.4) is 0 Å². The maximum absolute atomic E-state index is 12.2. The molecular weight excluding hydrogens is 234 g/mol. The average Bonchev–Trinajstić information content (AvgIpc) is 2.42. The maximum Gasteiger partial charge on any atom is 0.164 e. The molecule has 0 radical (unpaired) electrons. The fourth-order valence-electron chi connectivity index (χ4n) is 2.05. The van der Waals surface area contributed by atoms with Gasteiger partial charge in [0.05, 0.1) is 0 Å². The summed E-state index contributed by atoms with van der Waals surface area (Å²) in [4.78, 5) is 12.2. The van der Waals surface area contributed by atoms with Crippen molar-refractivity contribution in [1.82, 2.24) is 0 Å². The first-order chi connectivity index (χ1) is 9.08. The van der Waals surface area contributed by atoms with Crippen LogP contribution in [0.4, 0.5) is 0 Å². The van der Waals surface area contributed by atoms with Gasteiger partial charge >= 0.3 is 0 Å². The number of rotatable bonds is 4. The lowest BCUT2D eigenvalue weighted by Crippen LogP contribution is -2.15. The molecule has 0 aliphatic heterocycles. The molecule has 0 spiro atoms. The van der Waals surface area contributed by atoms with E-state index in [4.69, 9.17) is 5.73 Å². The lowest BCUT2D eigenvalue weighted by molar-refractivity contribution is 0.0974. The Bertz CT molecular complexity index is 575. The first-order valence-corrected chi connectivity index (χ1v) is 6.49. The van der Waals surface area contributed by atoms with Crippen LogP contribution in [0.1, 0.15) is 39.5 Å². The third kappa shape index (κ3) is 3.30. The van der Waals surface area contributed by atoms with E-state index in [1.54, 1.807) is 0 Å². The third-order valence-electron chi connectivity index (χ3n) is 3.46. The van der Waals surface area contributed by atoms with Crippen molar-refractivity contribution in [2.45, 2.75) is 26.3 Å². The quantitative estimate of drug-likeness (QED) is 0.846. The topological polar surface area (TPSA) is 43.1 Å². The first kappa shape index (κ1) is 13.5. The van der Waals surface area contributed by atoms with Crippen molar-refractivity contribution in [3.05, 3.63) is 70.8 Å². The van der Waals surface area contributed by atoms with E-state index in [0.717, 1.165) is 16.7 Å². The van der Waals surface area contributed by atoms with Crippen LogP contribution >= 0.6 is 0 Å². The Morgan fingerprint density at radius 3 is 2.37 bits per heavy atom. The van der Waals surface area contributed by atoms with Crippen LogP contribution in [0, 0.1) is 13.8 Å². The molecule has 2 rings (SSSR count). The number of aryl methyl sites for hydroxylation is 2. The number of hydrogen-bond acceptors (Lipinski definition) is 2. The number of ketones is 1. The second kappa shape index (κ2) is 5.81. The van der Waals surface area contributed by atoms with E-state index in [1.807, 2.05) is 62.4 Å². The molecule has 19 heavy (non-hydrogen) atoms. The molecule has 2 aromatic rings. The summed E-state index contributed by atoms with van der Waals surface area (Å²) >= 11 is 0. The summed E-state index contributed by atoms with van der Waals surface area (Å²) < 4.78 is 0. The van der Waals surface area contributed by atoms with Crippen molar-refractivity contribution in [3.8, 4) is 0 Å². The number of carbonyl (C=O) groups excluding carboxylic acids is 1. The summed E-state index contributed by atoms with van der Waals surface area (Å²) in [6.07, 6.45) is 0.340. The normalized spacial score (nSPS) is 12.2. The van der Waals surface area contributed by atoms with Crippen molar-refractivity contribution in [3.63, 3.8) is 0 Å². The van der Waals surface area contributed by atoms with Crippen molar-refractivity contribution in [1.29, 1.82) is 0 Å². The molecule has 0 saturated carbocycles. The largest absolute Gasteiger partial charge is 0.324 e. The van der Waals surface area contributed by atoms with Crippen LogP contribution in [-0.2, 0) is 0 Å². The Hall–Kier alpha value is -1.93. The second-order valence-electron chi connectivity index (χ2n) is 4.94. The van der Waals surface area contributed by atoms with Gasteiger partial charge in [-0.15, -0.1) is 0 Å². The Balaban J connectivity index is 2.11. The lowest BCUT2D eigenvalue weighted by atomic mass is 9.97. The highest BCUT2D eigenvalue weighted by molar-refractivity contribution is 5.96. The van der Waals surface area contributed by atoms with Crippen molar-refractivity contribution >= 4 is 5.78 Å². The maximum atomic E-state index is 12.2. The van der Waals surface area contributed by atoms with Crippen LogP contribution in [-0.4, -0.2) is 5.78 Å². The molecule has 2 heteroatoms. The minimum absolute atomic E-state index is 0.0967. The van der Waals surface area contributed by atoms with Gasteiger partial charge in [-0.1, -0.05) is 42.5 Å². The van der Waals surface area contributed by atoms with E-state index in [9.17, 15) is 4.79 Å². The SMILES string of the molecule is Cc1ccc(C(=O)CC(N)c2ccccc2)cc1C. The monoisotopic (exact) mass is 253 g/mol. The van der Waals surface area contributed by atoms with Crippen molar-refractivity contribution < 1.29 is 4.79 Å². The summed E-state index contributed by atoms with van der Waals surface area (Å²) in [6, 6.07) is 15.3. The van der Waals surface area contributed by atoms with Crippen LogP contribution in [0.15, 0.2) is 48.5 Å². The molecule has 0 amide bonds. The van der Waals surface area contributed by atoms with Gasteiger partial charge in [-0.3, -0.25) is 4.79 Å². The van der Waals surface area contributed by atoms with Gasteiger partial charge in [-0.25, -0.2) is 0 Å². The molecule has 2 N–H and O–H groups in total. The van der Waals surface area contributed by atoms with Gasteiger partial charge in [0, 0.05) is 18.0 Å². The minimum Gasteiger partial charge on any atom is -0.324 e. The number of benzene rings is 2. The standard InChI is InChI=1S/C17H19NO/c1-12-8-9-15(10-13(12)2)17(19)11-16(18)14-6-4-3-5-7-14/h3-10,16H,11,18H2,1-2H3. The van der Waals surface area contributed by atoms with E-state index in [0.29, 0.717) is 6.42 Å². The Morgan fingerprint density at radius 2 is 1.74 bits per heavy atom. The molecule has 0 fully saturated rings. The third-order valence-corrected chi connectivity index (χ3v) is 3.46. The molecule has 1 unspecified atom stereocenters. The number of hydrogen-bond donors (Lipinski definition) is 1. The van der Waals surface area contributed by atoms with E-state index in [1.165, 1.54) is 5.56 Å². The summed E-state index contributed by atoms with van der Waals surface area (Å²) in [5.74, 6) is 0.0967. The summed E-state index contributed by atoms with van der Waals surface area (Å²) in [5, 5.41) is 0. The predicted molar refractivity (Wildman–Crippen MR) is 78.2 cm³/mol. The Labute approximate surface area is 114 Å². The van der Waals surface area contributed by atoms with Gasteiger partial charge in [0.2, 0.25) is 0 Å². The minimum atomic E-state index is -0.240. The highest BCUT2D eigenvalue weighted by Gasteiger charge is 2.13. The molecule has 1 atom stereocenters. The first-order valence-electron chi connectivity index (χ1n) is 6.49. The predicted octanol–water partition coefficient (Wildman–Crippen LogP) is 3.58. The van der Waals surface area contributed by atoms with E-state index < -0.39 is 0 Å². The van der Waals surface area contributed by atoms with E-state index in [2.05, 4.69) is 0 Å². The second-order valence-corrected chi connectivity index (χ2v) is 4.94. The zero-order valence-corrected chi connectivity index (χ0v) is 11.4. The molecule has 0 bridgehead atoms. The van der Waals surface area contributed by atoms with Crippen molar-refractivity contribution in [2.75, 3.05) is 0 Å². The summed E-state index contributed by atoms with van der Waals surface area (Å²) in [5.41, 5.74) is 10.2. The molecule has 0 aliphatic carbocycles. The molecule has 0 heterocycles. The van der Waals surface area contributed by atoms with E-state index >= 15 is 0 Å². The fourth-order valence-corrected chi connectivity index (χ4v) is 2.05.